The van der Waals surface area contributed by atoms with Gasteiger partial charge in [0, 0.05) is 17.9 Å². The lowest BCUT2D eigenvalue weighted by atomic mass is 9.94. The number of benzene rings is 1. The number of carbonyl (C=O) groups is 1. The number of aliphatic hydroxyl groups excluding tert-OH is 1. The normalized spacial score (nSPS) is 21.6. The van der Waals surface area contributed by atoms with E-state index in [-0.39, 0.29) is 17.8 Å². The van der Waals surface area contributed by atoms with Crippen LogP contribution >= 0.6 is 0 Å². The number of carbonyl (C=O) groups excluding carboxylic acids is 1. The quantitative estimate of drug-likeness (QED) is 0.779. The summed E-state index contributed by atoms with van der Waals surface area (Å²) in [4.78, 5) is 15.1. The minimum Gasteiger partial charge on any atom is -0.479 e. The second-order valence-corrected chi connectivity index (χ2v) is 4.36. The first-order chi connectivity index (χ1) is 8.63. The molecule has 0 aliphatic carbocycles. The number of aliphatic hydroxyl groups is 1. The number of rotatable bonds is 1. The smallest absolute Gasteiger partial charge is 0.315 e. The molecule has 1 amide bonds. The minimum absolute atomic E-state index is 0.0627. The number of aliphatic imine (C=N–C) groups is 1. The van der Waals surface area contributed by atoms with Crippen LogP contribution in [0.1, 0.15) is 18.9 Å². The molecule has 1 radical (unpaired) electrons. The zero-order valence-corrected chi connectivity index (χ0v) is 9.71. The minimum atomic E-state index is -0.228. The maximum atomic E-state index is 11.2. The molecule has 0 saturated carbocycles. The summed E-state index contributed by atoms with van der Waals surface area (Å²) in [5, 5.41) is 17.2. The van der Waals surface area contributed by atoms with E-state index in [1.54, 1.807) is 6.07 Å². The summed E-state index contributed by atoms with van der Waals surface area (Å²) < 4.78 is 0. The van der Waals surface area contributed by atoms with Gasteiger partial charge in [0.1, 0.15) is 0 Å². The molecule has 0 aromatic heterocycles. The van der Waals surface area contributed by atoms with Crippen molar-refractivity contribution in [2.75, 3.05) is 0 Å². The predicted octanol–water partition coefficient (Wildman–Crippen LogP) is 1.34. The summed E-state index contributed by atoms with van der Waals surface area (Å²) in [5.41, 5.74) is 5.45. The van der Waals surface area contributed by atoms with Gasteiger partial charge in [-0.1, -0.05) is 13.0 Å². The fourth-order valence-corrected chi connectivity index (χ4v) is 2.11. The van der Waals surface area contributed by atoms with Crippen molar-refractivity contribution in [2.45, 2.75) is 13.3 Å². The van der Waals surface area contributed by atoms with Gasteiger partial charge in [0.2, 0.25) is 5.91 Å². The zero-order valence-electron chi connectivity index (χ0n) is 9.71. The monoisotopic (exact) mass is 243 g/mol. The molecule has 2 aliphatic heterocycles. The Morgan fingerprint density at radius 1 is 1.39 bits per heavy atom. The van der Waals surface area contributed by atoms with E-state index in [4.69, 9.17) is 0 Å². The van der Waals surface area contributed by atoms with Crippen LogP contribution in [0.2, 0.25) is 0 Å². The van der Waals surface area contributed by atoms with E-state index in [0.29, 0.717) is 17.8 Å². The van der Waals surface area contributed by atoms with Crippen LogP contribution in [-0.2, 0) is 4.79 Å². The molecule has 1 aromatic carbocycles. The highest BCUT2D eigenvalue weighted by molar-refractivity contribution is 6.07. The Morgan fingerprint density at radius 2 is 2.22 bits per heavy atom. The van der Waals surface area contributed by atoms with Crippen molar-refractivity contribution in [1.82, 2.24) is 10.7 Å². The largest absolute Gasteiger partial charge is 0.479 e. The number of hydrogen-bond donors (Lipinski definition) is 2. The van der Waals surface area contributed by atoms with Gasteiger partial charge in [-0.25, -0.2) is 5.43 Å². The van der Waals surface area contributed by atoms with Gasteiger partial charge < -0.3 is 5.11 Å². The Bertz CT molecular complexity index is 592. The highest BCUT2D eigenvalue weighted by atomic mass is 16.3. The second kappa shape index (κ2) is 3.83. The molecular formula is C12H11N4O2. The average Bonchev–Trinajstić information content (AvgIpc) is 2.68. The van der Waals surface area contributed by atoms with Crippen molar-refractivity contribution in [3.63, 3.8) is 0 Å². The van der Waals surface area contributed by atoms with Crippen molar-refractivity contribution >= 4 is 29.0 Å². The third-order valence-corrected chi connectivity index (χ3v) is 2.97. The van der Waals surface area contributed by atoms with Crippen LogP contribution in [0.3, 0.4) is 0 Å². The lowest BCUT2D eigenvalue weighted by molar-refractivity contribution is -0.121. The summed E-state index contributed by atoms with van der Waals surface area (Å²) in [5.74, 6) is -0.00852. The molecule has 91 valence electrons. The van der Waals surface area contributed by atoms with E-state index in [9.17, 15) is 9.90 Å². The highest BCUT2D eigenvalue weighted by Crippen LogP contribution is 2.32. The third kappa shape index (κ3) is 1.71. The van der Waals surface area contributed by atoms with Gasteiger partial charge in [-0.3, -0.25) is 4.79 Å². The fraction of sp³-hybridized carbons (Fsp3) is 0.250. The van der Waals surface area contributed by atoms with E-state index >= 15 is 0 Å². The van der Waals surface area contributed by atoms with E-state index < -0.39 is 0 Å². The predicted molar refractivity (Wildman–Crippen MR) is 66.4 cm³/mol. The molecule has 0 fully saturated rings. The van der Waals surface area contributed by atoms with Crippen LogP contribution < -0.4 is 10.7 Å². The van der Waals surface area contributed by atoms with Crippen molar-refractivity contribution in [3.05, 3.63) is 23.8 Å². The molecule has 0 spiro atoms. The van der Waals surface area contributed by atoms with E-state index in [1.165, 1.54) is 0 Å². The topological polar surface area (TPSA) is 88.2 Å². The van der Waals surface area contributed by atoms with Crippen molar-refractivity contribution in [3.8, 4) is 0 Å². The molecule has 2 N–H and O–H groups in total. The number of amides is 1. The Labute approximate surface area is 103 Å². The van der Waals surface area contributed by atoms with Crippen molar-refractivity contribution in [1.29, 1.82) is 0 Å². The molecule has 6 nitrogen and oxygen atoms in total. The van der Waals surface area contributed by atoms with E-state index in [0.717, 1.165) is 11.3 Å². The first-order valence-electron chi connectivity index (χ1n) is 5.64. The Hall–Kier alpha value is -2.37. The molecule has 0 saturated heterocycles. The summed E-state index contributed by atoms with van der Waals surface area (Å²) in [6.07, 6.45) is 0.425. The van der Waals surface area contributed by atoms with Gasteiger partial charge in [-0.2, -0.15) is 15.4 Å². The van der Waals surface area contributed by atoms with Crippen LogP contribution in [0.15, 0.2) is 28.3 Å². The first kappa shape index (κ1) is 10.8. The number of nitrogens with zero attached hydrogens (tertiary/aromatic N) is 3. The number of hydrazone groups is 1. The van der Waals surface area contributed by atoms with Crippen LogP contribution in [0.4, 0.5) is 11.4 Å². The molecule has 2 heterocycles. The molecule has 18 heavy (non-hydrogen) atoms. The lowest BCUT2D eigenvalue weighted by Gasteiger charge is -2.19. The third-order valence-electron chi connectivity index (χ3n) is 2.97. The molecular weight excluding hydrogens is 232 g/mol. The fourth-order valence-electron chi connectivity index (χ4n) is 2.11. The molecule has 1 unspecified atom stereocenters. The Morgan fingerprint density at radius 3 is 3.00 bits per heavy atom. The molecule has 0 bridgehead atoms. The zero-order chi connectivity index (χ0) is 12.7. The highest BCUT2D eigenvalue weighted by Gasteiger charge is 2.23. The van der Waals surface area contributed by atoms with Crippen LogP contribution in [0.25, 0.3) is 0 Å². The number of hydrogen-bond acceptors (Lipinski definition) is 3. The average molecular weight is 243 g/mol. The lowest BCUT2D eigenvalue weighted by Crippen LogP contribution is -2.31. The standard InChI is InChI=1S/C12H11N4O2/c1-6-4-10(17)15-16-11(6)7-2-3-8-9(5-7)14-12(18)13-8/h2-3,5-6H,4H2,1H3,(H,14,18)(H,15,17). The summed E-state index contributed by atoms with van der Waals surface area (Å²) in [6.45, 7) is 1.95. The summed E-state index contributed by atoms with van der Waals surface area (Å²) in [6, 6.07) is 5.23. The van der Waals surface area contributed by atoms with E-state index in [1.807, 2.05) is 19.1 Å². The number of amidine groups is 1. The number of nitrogens with one attached hydrogen (secondary N) is 1. The summed E-state index contributed by atoms with van der Waals surface area (Å²) in [7, 11) is 0. The van der Waals surface area contributed by atoms with Crippen molar-refractivity contribution < 1.29 is 9.90 Å². The van der Waals surface area contributed by atoms with Gasteiger partial charge in [0.05, 0.1) is 17.1 Å². The SMILES string of the molecule is CC1CC(=O)NN=C1c1ccc2c(c1)N=C(O)[N]2. The van der Waals surface area contributed by atoms with Crippen LogP contribution in [-0.4, -0.2) is 22.7 Å². The van der Waals surface area contributed by atoms with Gasteiger partial charge in [-0.05, 0) is 12.1 Å². The Balaban J connectivity index is 1.99. The maximum Gasteiger partial charge on any atom is 0.315 e. The molecule has 6 heteroatoms. The Kier molecular flexibility index (Phi) is 2.29. The molecule has 1 atom stereocenters. The van der Waals surface area contributed by atoms with E-state index in [2.05, 4.69) is 20.8 Å². The van der Waals surface area contributed by atoms with Gasteiger partial charge in [0.15, 0.2) is 0 Å². The van der Waals surface area contributed by atoms with Crippen molar-refractivity contribution in [2.24, 2.45) is 16.0 Å². The summed E-state index contributed by atoms with van der Waals surface area (Å²) >= 11 is 0. The maximum absolute atomic E-state index is 11.2. The number of fused-ring (bicyclic) bond motifs is 1. The second-order valence-electron chi connectivity index (χ2n) is 4.36. The molecule has 3 rings (SSSR count). The van der Waals surface area contributed by atoms with Crippen LogP contribution in [0, 0.1) is 5.92 Å². The van der Waals surface area contributed by atoms with Crippen LogP contribution in [0.5, 0.6) is 0 Å². The van der Waals surface area contributed by atoms with Gasteiger partial charge >= 0.3 is 6.02 Å². The first-order valence-corrected chi connectivity index (χ1v) is 5.64. The van der Waals surface area contributed by atoms with Gasteiger partial charge in [-0.15, -0.1) is 0 Å². The molecule has 1 aromatic rings. The van der Waals surface area contributed by atoms with Gasteiger partial charge in [0.25, 0.3) is 0 Å². The molecule has 2 aliphatic rings.